The van der Waals surface area contributed by atoms with E-state index in [-0.39, 0.29) is 5.69 Å². The van der Waals surface area contributed by atoms with Gasteiger partial charge in [0.2, 0.25) is 0 Å². The topological polar surface area (TPSA) is 80.9 Å². The van der Waals surface area contributed by atoms with Crippen LogP contribution >= 0.6 is 11.8 Å². The Morgan fingerprint density at radius 2 is 2.15 bits per heavy atom. The molecule has 6 heteroatoms. The van der Waals surface area contributed by atoms with Crippen molar-refractivity contribution in [2.45, 2.75) is 11.9 Å². The second-order valence-electron chi connectivity index (χ2n) is 2.47. The van der Waals surface area contributed by atoms with E-state index in [1.54, 1.807) is 0 Å². The number of rotatable bonds is 2. The summed E-state index contributed by atoms with van der Waals surface area (Å²) in [5, 5.41) is 0.454. The molecule has 0 radical (unpaired) electrons. The average Bonchev–Trinajstić information content (AvgIpc) is 2.11. The van der Waals surface area contributed by atoms with E-state index in [1.807, 2.05) is 6.92 Å². The second kappa shape index (κ2) is 3.69. The van der Waals surface area contributed by atoms with E-state index < -0.39 is 11.2 Å². The Hall–Kier alpha value is -1.17. The van der Waals surface area contributed by atoms with Crippen LogP contribution in [0.1, 0.15) is 6.92 Å². The summed E-state index contributed by atoms with van der Waals surface area (Å²) in [6, 6.07) is 0. The van der Waals surface area contributed by atoms with E-state index in [0.717, 1.165) is 10.3 Å². The zero-order valence-corrected chi connectivity index (χ0v) is 8.27. The van der Waals surface area contributed by atoms with Gasteiger partial charge >= 0.3 is 5.69 Å². The SMILES string of the molecule is CCSc1[nH]c(=O)n(C)c(=O)c1N. The molecule has 1 rings (SSSR count). The number of nitrogens with zero attached hydrogens (tertiary/aromatic N) is 1. The van der Waals surface area contributed by atoms with Crippen molar-refractivity contribution >= 4 is 17.4 Å². The van der Waals surface area contributed by atoms with Gasteiger partial charge in [0.05, 0.1) is 0 Å². The quantitative estimate of drug-likeness (QED) is 0.511. The van der Waals surface area contributed by atoms with E-state index in [2.05, 4.69) is 4.98 Å². The summed E-state index contributed by atoms with van der Waals surface area (Å²) in [6.45, 7) is 1.92. The number of hydrogen-bond donors (Lipinski definition) is 2. The van der Waals surface area contributed by atoms with E-state index in [0.29, 0.717) is 5.03 Å². The lowest BCUT2D eigenvalue weighted by Gasteiger charge is -2.03. The van der Waals surface area contributed by atoms with Gasteiger partial charge in [-0.25, -0.2) is 4.79 Å². The zero-order valence-electron chi connectivity index (χ0n) is 7.46. The lowest BCUT2D eigenvalue weighted by molar-refractivity contribution is 0.754. The largest absolute Gasteiger partial charge is 0.392 e. The minimum absolute atomic E-state index is 0.106. The van der Waals surface area contributed by atoms with Crippen LogP contribution in [0.3, 0.4) is 0 Å². The summed E-state index contributed by atoms with van der Waals surface area (Å²) in [6.07, 6.45) is 0. The molecule has 1 aromatic rings. The fourth-order valence-corrected chi connectivity index (χ4v) is 1.57. The van der Waals surface area contributed by atoms with E-state index in [9.17, 15) is 9.59 Å². The van der Waals surface area contributed by atoms with Gasteiger partial charge in [0.1, 0.15) is 10.7 Å². The van der Waals surface area contributed by atoms with Crippen LogP contribution in [0.25, 0.3) is 0 Å². The highest BCUT2D eigenvalue weighted by Crippen LogP contribution is 2.16. The monoisotopic (exact) mass is 201 g/mol. The third-order valence-corrected chi connectivity index (χ3v) is 2.49. The molecule has 0 aliphatic rings. The van der Waals surface area contributed by atoms with E-state index in [1.165, 1.54) is 18.8 Å². The molecule has 0 spiro atoms. The standard InChI is InChI=1S/C7H11N3O2S/c1-3-13-5-4(8)6(11)10(2)7(12)9-5/h3,8H2,1-2H3,(H,9,12). The number of hydrogen-bond acceptors (Lipinski definition) is 4. The van der Waals surface area contributed by atoms with Crippen LogP contribution in [0.2, 0.25) is 0 Å². The first-order valence-corrected chi connectivity index (χ1v) is 4.78. The van der Waals surface area contributed by atoms with Crippen LogP contribution in [0.4, 0.5) is 5.69 Å². The van der Waals surface area contributed by atoms with Crippen LogP contribution < -0.4 is 17.0 Å². The zero-order chi connectivity index (χ0) is 10.0. The maximum absolute atomic E-state index is 11.3. The fraction of sp³-hybridized carbons (Fsp3) is 0.429. The molecule has 1 aromatic heterocycles. The summed E-state index contributed by atoms with van der Waals surface area (Å²) in [4.78, 5) is 24.9. The van der Waals surface area contributed by atoms with Crippen molar-refractivity contribution in [2.24, 2.45) is 7.05 Å². The smallest absolute Gasteiger partial charge is 0.329 e. The first-order valence-electron chi connectivity index (χ1n) is 3.79. The molecule has 0 saturated heterocycles. The number of aromatic nitrogens is 2. The fourth-order valence-electron chi connectivity index (χ4n) is 0.877. The van der Waals surface area contributed by atoms with Crippen molar-refractivity contribution in [1.82, 2.24) is 9.55 Å². The number of H-pyrrole nitrogens is 1. The Labute approximate surface area is 79.0 Å². The summed E-state index contributed by atoms with van der Waals surface area (Å²) in [5.41, 5.74) is 4.74. The molecule has 5 nitrogen and oxygen atoms in total. The van der Waals surface area contributed by atoms with Crippen molar-refractivity contribution in [3.63, 3.8) is 0 Å². The molecule has 0 amide bonds. The van der Waals surface area contributed by atoms with E-state index in [4.69, 9.17) is 5.73 Å². The van der Waals surface area contributed by atoms with Crippen molar-refractivity contribution in [1.29, 1.82) is 0 Å². The van der Waals surface area contributed by atoms with Crippen LogP contribution in [0.15, 0.2) is 14.6 Å². The number of nitrogens with one attached hydrogen (secondary N) is 1. The Morgan fingerprint density at radius 1 is 1.54 bits per heavy atom. The number of anilines is 1. The lowest BCUT2D eigenvalue weighted by atomic mass is 10.5. The molecule has 0 aliphatic heterocycles. The minimum Gasteiger partial charge on any atom is -0.392 e. The minimum atomic E-state index is -0.445. The summed E-state index contributed by atoms with van der Waals surface area (Å²) in [5.74, 6) is 0.757. The number of thioether (sulfide) groups is 1. The third-order valence-electron chi connectivity index (χ3n) is 1.59. The molecule has 0 fully saturated rings. The van der Waals surface area contributed by atoms with Gasteiger partial charge in [-0.3, -0.25) is 14.3 Å². The molecule has 72 valence electrons. The lowest BCUT2D eigenvalue weighted by Crippen LogP contribution is -2.34. The third kappa shape index (κ3) is 1.77. The maximum atomic E-state index is 11.3. The molecular formula is C7H11N3O2S. The van der Waals surface area contributed by atoms with Crippen molar-refractivity contribution in [3.05, 3.63) is 20.8 Å². The highest BCUT2D eigenvalue weighted by molar-refractivity contribution is 7.99. The van der Waals surface area contributed by atoms with Gasteiger partial charge in [0, 0.05) is 7.05 Å². The van der Waals surface area contributed by atoms with Gasteiger partial charge in [0.25, 0.3) is 5.56 Å². The van der Waals surface area contributed by atoms with Crippen LogP contribution in [0, 0.1) is 0 Å². The second-order valence-corrected chi connectivity index (χ2v) is 3.74. The summed E-state index contributed by atoms with van der Waals surface area (Å²) in [7, 11) is 1.39. The molecule has 0 aromatic carbocycles. The Kier molecular flexibility index (Phi) is 2.82. The predicted octanol–water partition coefficient (Wildman–Crippen LogP) is -0.232. The van der Waals surface area contributed by atoms with Crippen molar-refractivity contribution in [3.8, 4) is 0 Å². The van der Waals surface area contributed by atoms with Gasteiger partial charge in [-0.15, -0.1) is 11.8 Å². The van der Waals surface area contributed by atoms with Crippen molar-refractivity contribution in [2.75, 3.05) is 11.5 Å². The molecule has 0 bridgehead atoms. The Bertz CT molecular complexity index is 421. The van der Waals surface area contributed by atoms with Gasteiger partial charge in [-0.2, -0.15) is 0 Å². The predicted molar refractivity (Wildman–Crippen MR) is 53.1 cm³/mol. The van der Waals surface area contributed by atoms with Gasteiger partial charge in [0.15, 0.2) is 0 Å². The van der Waals surface area contributed by atoms with Crippen LogP contribution in [-0.2, 0) is 7.05 Å². The number of nitrogen functional groups attached to an aromatic ring is 1. The first kappa shape index (κ1) is 9.91. The molecule has 0 saturated carbocycles. The Balaban J connectivity index is 3.41. The maximum Gasteiger partial charge on any atom is 0.329 e. The molecule has 0 aliphatic carbocycles. The van der Waals surface area contributed by atoms with Crippen molar-refractivity contribution < 1.29 is 0 Å². The van der Waals surface area contributed by atoms with Gasteiger partial charge in [-0.05, 0) is 5.75 Å². The molecule has 3 N–H and O–H groups in total. The molecule has 0 atom stereocenters. The number of nitrogens with two attached hydrogens (primary N) is 1. The number of aromatic amines is 1. The molecular weight excluding hydrogens is 190 g/mol. The van der Waals surface area contributed by atoms with Crippen LogP contribution in [-0.4, -0.2) is 15.3 Å². The van der Waals surface area contributed by atoms with E-state index >= 15 is 0 Å². The first-order chi connectivity index (χ1) is 6.07. The Morgan fingerprint density at radius 3 is 2.69 bits per heavy atom. The average molecular weight is 201 g/mol. The normalized spacial score (nSPS) is 10.3. The highest BCUT2D eigenvalue weighted by Gasteiger charge is 2.07. The van der Waals surface area contributed by atoms with Crippen LogP contribution in [0.5, 0.6) is 0 Å². The molecule has 13 heavy (non-hydrogen) atoms. The summed E-state index contributed by atoms with van der Waals surface area (Å²) >= 11 is 1.35. The summed E-state index contributed by atoms with van der Waals surface area (Å²) < 4.78 is 0.953. The van der Waals surface area contributed by atoms with Gasteiger partial charge in [-0.1, -0.05) is 6.92 Å². The highest BCUT2D eigenvalue weighted by atomic mass is 32.2. The van der Waals surface area contributed by atoms with Gasteiger partial charge < -0.3 is 5.73 Å². The molecule has 0 unspecified atom stereocenters. The molecule has 1 heterocycles.